The van der Waals surface area contributed by atoms with Gasteiger partial charge in [0.05, 0.1) is 11.9 Å². The zero-order valence-corrected chi connectivity index (χ0v) is 16.1. The Morgan fingerprint density at radius 2 is 1.84 bits per heavy atom. The van der Waals surface area contributed by atoms with Crippen LogP contribution in [0.15, 0.2) is 35.3 Å². The monoisotopic (exact) mass is 370 g/mol. The van der Waals surface area contributed by atoms with Crippen LogP contribution in [0.25, 0.3) is 0 Å². The van der Waals surface area contributed by atoms with E-state index in [2.05, 4.69) is 32.5 Å². The molecule has 0 heterocycles. The Balaban J connectivity index is 2.13. The molecule has 0 aliphatic rings. The van der Waals surface area contributed by atoms with Gasteiger partial charge in [0.15, 0.2) is 5.96 Å². The maximum atomic E-state index is 11.3. The number of hydrogen-bond donors (Lipinski definition) is 3. The summed E-state index contributed by atoms with van der Waals surface area (Å²) in [5.41, 5.74) is 1.17. The van der Waals surface area contributed by atoms with Crippen molar-refractivity contribution in [3.05, 3.63) is 35.9 Å². The average molecular weight is 371 g/mol. The molecule has 1 atom stereocenters. The van der Waals surface area contributed by atoms with Gasteiger partial charge in [0.2, 0.25) is 10.0 Å². The van der Waals surface area contributed by atoms with Crippen LogP contribution in [-0.2, 0) is 14.8 Å². The molecule has 0 fully saturated rings. The fraction of sp³-hybridized carbons (Fsp3) is 0.588. The van der Waals surface area contributed by atoms with Crippen molar-refractivity contribution in [2.75, 3.05) is 39.0 Å². The minimum Gasteiger partial charge on any atom is -0.374 e. The van der Waals surface area contributed by atoms with E-state index in [4.69, 9.17) is 4.74 Å². The van der Waals surface area contributed by atoms with Crippen molar-refractivity contribution in [2.45, 2.75) is 26.4 Å². The molecule has 0 aliphatic carbocycles. The average Bonchev–Trinajstić information content (AvgIpc) is 2.63. The molecular formula is C17H30N4O3S. The number of rotatable bonds is 11. The standard InChI is InChI=1S/C17H30N4O3S/c1-4-25(22,23)21-13-12-20-17(18-3)19-11-8-14-24-15(2)16-9-6-5-7-10-16/h5-7,9-10,15,21H,4,8,11-14H2,1-3H3,(H2,18,19,20). The molecule has 1 aromatic carbocycles. The van der Waals surface area contributed by atoms with Crippen LogP contribution in [0.5, 0.6) is 0 Å². The fourth-order valence-electron chi connectivity index (χ4n) is 2.07. The van der Waals surface area contributed by atoms with Crippen LogP contribution in [0.2, 0.25) is 0 Å². The third-order valence-corrected chi connectivity index (χ3v) is 5.00. The van der Waals surface area contributed by atoms with Gasteiger partial charge in [-0.3, -0.25) is 4.99 Å². The van der Waals surface area contributed by atoms with E-state index in [9.17, 15) is 8.42 Å². The highest BCUT2D eigenvalue weighted by Crippen LogP contribution is 2.15. The largest absolute Gasteiger partial charge is 0.374 e. The molecule has 8 heteroatoms. The highest BCUT2D eigenvalue weighted by molar-refractivity contribution is 7.89. The number of benzene rings is 1. The van der Waals surface area contributed by atoms with Crippen LogP contribution in [-0.4, -0.2) is 53.4 Å². The van der Waals surface area contributed by atoms with Gasteiger partial charge in [-0.15, -0.1) is 0 Å². The maximum Gasteiger partial charge on any atom is 0.211 e. The number of nitrogens with zero attached hydrogens (tertiary/aromatic N) is 1. The second kappa shape index (κ2) is 11.8. The molecular weight excluding hydrogens is 340 g/mol. The van der Waals surface area contributed by atoms with Gasteiger partial charge in [0, 0.05) is 33.3 Å². The molecule has 3 N–H and O–H groups in total. The second-order valence-corrected chi connectivity index (χ2v) is 7.60. The van der Waals surface area contributed by atoms with Crippen LogP contribution in [0.1, 0.15) is 31.9 Å². The third-order valence-electron chi connectivity index (χ3n) is 3.59. The van der Waals surface area contributed by atoms with Crippen molar-refractivity contribution < 1.29 is 13.2 Å². The maximum absolute atomic E-state index is 11.3. The minimum atomic E-state index is -3.15. The highest BCUT2D eigenvalue weighted by Gasteiger charge is 2.06. The van der Waals surface area contributed by atoms with Crippen LogP contribution in [0, 0.1) is 0 Å². The van der Waals surface area contributed by atoms with Gasteiger partial charge in [0.1, 0.15) is 0 Å². The number of nitrogens with one attached hydrogen (secondary N) is 3. The lowest BCUT2D eigenvalue weighted by Crippen LogP contribution is -2.42. The summed E-state index contributed by atoms with van der Waals surface area (Å²) < 4.78 is 30.9. The fourth-order valence-corrected chi connectivity index (χ4v) is 2.69. The molecule has 0 radical (unpaired) electrons. The zero-order chi connectivity index (χ0) is 18.5. The lowest BCUT2D eigenvalue weighted by atomic mass is 10.1. The van der Waals surface area contributed by atoms with Crippen LogP contribution < -0.4 is 15.4 Å². The molecule has 142 valence electrons. The van der Waals surface area contributed by atoms with E-state index in [1.165, 1.54) is 5.56 Å². The van der Waals surface area contributed by atoms with Crippen LogP contribution in [0.4, 0.5) is 0 Å². The first kappa shape index (κ1) is 21.4. The van der Waals surface area contributed by atoms with E-state index in [1.54, 1.807) is 14.0 Å². The molecule has 25 heavy (non-hydrogen) atoms. The molecule has 0 amide bonds. The van der Waals surface area contributed by atoms with Crippen LogP contribution in [0.3, 0.4) is 0 Å². The zero-order valence-electron chi connectivity index (χ0n) is 15.3. The Hall–Kier alpha value is -1.64. The van der Waals surface area contributed by atoms with E-state index in [0.29, 0.717) is 25.7 Å². The first-order valence-corrected chi connectivity index (χ1v) is 10.2. The Morgan fingerprint density at radius 1 is 1.16 bits per heavy atom. The van der Waals surface area contributed by atoms with Crippen molar-refractivity contribution in [3.63, 3.8) is 0 Å². The Morgan fingerprint density at radius 3 is 2.48 bits per heavy atom. The summed E-state index contributed by atoms with van der Waals surface area (Å²) in [6.07, 6.45) is 0.922. The molecule has 0 spiro atoms. The molecule has 7 nitrogen and oxygen atoms in total. The van der Waals surface area contributed by atoms with Gasteiger partial charge in [-0.25, -0.2) is 13.1 Å². The van der Waals surface area contributed by atoms with Gasteiger partial charge in [-0.05, 0) is 25.8 Å². The molecule has 1 aromatic rings. The van der Waals surface area contributed by atoms with E-state index < -0.39 is 10.0 Å². The lowest BCUT2D eigenvalue weighted by Gasteiger charge is -2.15. The van der Waals surface area contributed by atoms with E-state index >= 15 is 0 Å². The molecule has 0 saturated heterocycles. The predicted octanol–water partition coefficient (Wildman–Crippen LogP) is 1.26. The smallest absolute Gasteiger partial charge is 0.211 e. The summed E-state index contributed by atoms with van der Waals surface area (Å²) in [4.78, 5) is 4.10. The minimum absolute atomic E-state index is 0.0743. The van der Waals surface area contributed by atoms with Crippen molar-refractivity contribution in [2.24, 2.45) is 4.99 Å². The molecule has 0 saturated carbocycles. The number of guanidine groups is 1. The van der Waals surface area contributed by atoms with Crippen molar-refractivity contribution in [1.82, 2.24) is 15.4 Å². The van der Waals surface area contributed by atoms with Gasteiger partial charge < -0.3 is 15.4 Å². The van der Waals surface area contributed by atoms with Crippen molar-refractivity contribution in [1.29, 1.82) is 0 Å². The number of aliphatic imine (C=N–C) groups is 1. The summed E-state index contributed by atoms with van der Waals surface area (Å²) in [6.45, 7) is 5.82. The van der Waals surface area contributed by atoms with Crippen molar-refractivity contribution >= 4 is 16.0 Å². The Bertz CT molecular complexity index is 606. The number of hydrogen-bond acceptors (Lipinski definition) is 4. The highest BCUT2D eigenvalue weighted by atomic mass is 32.2. The Labute approximate surface area is 151 Å². The first-order valence-electron chi connectivity index (χ1n) is 8.57. The predicted molar refractivity (Wildman–Crippen MR) is 102 cm³/mol. The Kier molecular flexibility index (Phi) is 10.1. The molecule has 0 bridgehead atoms. The van der Waals surface area contributed by atoms with Gasteiger partial charge >= 0.3 is 0 Å². The summed E-state index contributed by atoms with van der Waals surface area (Å²) >= 11 is 0. The third kappa shape index (κ3) is 9.42. The lowest BCUT2D eigenvalue weighted by molar-refractivity contribution is 0.0646. The second-order valence-electron chi connectivity index (χ2n) is 5.50. The normalized spacial score (nSPS) is 13.5. The molecule has 1 rings (SSSR count). The van der Waals surface area contributed by atoms with E-state index in [1.807, 2.05) is 25.1 Å². The summed E-state index contributed by atoms with van der Waals surface area (Å²) in [6, 6.07) is 10.1. The SMILES string of the molecule is CCS(=O)(=O)NCCNC(=NC)NCCCOC(C)c1ccccc1. The van der Waals surface area contributed by atoms with Gasteiger partial charge in [-0.2, -0.15) is 0 Å². The van der Waals surface area contributed by atoms with Crippen molar-refractivity contribution in [3.8, 4) is 0 Å². The number of ether oxygens (including phenoxy) is 1. The summed E-state index contributed by atoms with van der Waals surface area (Å²) in [5.74, 6) is 0.730. The summed E-state index contributed by atoms with van der Waals surface area (Å²) in [5, 5.41) is 6.24. The van der Waals surface area contributed by atoms with Crippen LogP contribution >= 0.6 is 0 Å². The first-order chi connectivity index (χ1) is 12.0. The number of sulfonamides is 1. The van der Waals surface area contributed by atoms with Gasteiger partial charge in [0.25, 0.3) is 0 Å². The van der Waals surface area contributed by atoms with E-state index in [0.717, 1.165) is 13.0 Å². The molecule has 1 unspecified atom stereocenters. The molecule has 0 aromatic heterocycles. The summed E-state index contributed by atoms with van der Waals surface area (Å²) in [7, 11) is -1.47. The quantitative estimate of drug-likeness (QED) is 0.310. The molecule has 0 aliphatic heterocycles. The van der Waals surface area contributed by atoms with E-state index in [-0.39, 0.29) is 11.9 Å². The van der Waals surface area contributed by atoms with Gasteiger partial charge in [-0.1, -0.05) is 30.3 Å². The topological polar surface area (TPSA) is 91.8 Å².